The van der Waals surface area contributed by atoms with E-state index in [9.17, 15) is 0 Å². The van der Waals surface area contributed by atoms with E-state index in [2.05, 4.69) is 23.7 Å². The fourth-order valence-corrected chi connectivity index (χ4v) is 2.91. The van der Waals surface area contributed by atoms with Gasteiger partial charge in [0.1, 0.15) is 0 Å². The predicted molar refractivity (Wildman–Crippen MR) is 63.3 cm³/mol. The predicted octanol–water partition coefficient (Wildman–Crippen LogP) is 3.21. The van der Waals surface area contributed by atoms with Crippen LogP contribution in [-0.2, 0) is 6.42 Å². The Labute approximate surface area is 93.9 Å². The van der Waals surface area contributed by atoms with Crippen LogP contribution >= 0.6 is 11.3 Å². The van der Waals surface area contributed by atoms with E-state index in [-0.39, 0.29) is 6.04 Å². The van der Waals surface area contributed by atoms with E-state index < -0.39 is 0 Å². The molecule has 1 unspecified atom stereocenters. The van der Waals surface area contributed by atoms with Crippen molar-refractivity contribution in [2.45, 2.75) is 19.4 Å². The highest BCUT2D eigenvalue weighted by Crippen LogP contribution is 2.29. The molecule has 2 aromatic rings. The molecule has 0 aromatic carbocycles. The molecule has 0 radical (unpaired) electrons. The van der Waals surface area contributed by atoms with E-state index in [0.29, 0.717) is 0 Å². The first-order valence-corrected chi connectivity index (χ1v) is 6.00. The Bertz CT molecular complexity index is 405. The summed E-state index contributed by atoms with van der Waals surface area (Å²) in [5.74, 6) is 0. The van der Waals surface area contributed by atoms with Crippen molar-refractivity contribution in [3.8, 4) is 0 Å². The lowest BCUT2D eigenvalue weighted by Gasteiger charge is -2.14. The van der Waals surface area contributed by atoms with Gasteiger partial charge < -0.3 is 9.73 Å². The normalized spacial score (nSPS) is 12.9. The van der Waals surface area contributed by atoms with Crippen molar-refractivity contribution in [2.75, 3.05) is 7.05 Å². The van der Waals surface area contributed by atoms with Crippen molar-refractivity contribution in [3.63, 3.8) is 0 Å². The summed E-state index contributed by atoms with van der Waals surface area (Å²) < 4.78 is 5.13. The average Bonchev–Trinajstić information content (AvgIpc) is 2.89. The second-order valence-electron chi connectivity index (χ2n) is 3.44. The molecule has 80 valence electrons. The van der Waals surface area contributed by atoms with Crippen LogP contribution < -0.4 is 5.32 Å². The van der Waals surface area contributed by atoms with Gasteiger partial charge in [0.2, 0.25) is 0 Å². The van der Waals surface area contributed by atoms with Gasteiger partial charge in [-0.1, -0.05) is 6.92 Å². The van der Waals surface area contributed by atoms with E-state index in [1.807, 2.05) is 13.1 Å². The number of hydrogen-bond acceptors (Lipinski definition) is 3. The van der Waals surface area contributed by atoms with Crippen LogP contribution in [0.5, 0.6) is 0 Å². The lowest BCUT2D eigenvalue weighted by molar-refractivity contribution is 0.558. The smallest absolute Gasteiger partial charge is 0.0954 e. The molecule has 0 saturated carbocycles. The van der Waals surface area contributed by atoms with E-state index in [1.54, 1.807) is 23.9 Å². The summed E-state index contributed by atoms with van der Waals surface area (Å²) in [6.45, 7) is 2.19. The molecular weight excluding hydrogens is 206 g/mol. The van der Waals surface area contributed by atoms with Crippen molar-refractivity contribution in [1.82, 2.24) is 5.32 Å². The monoisotopic (exact) mass is 221 g/mol. The molecule has 0 aliphatic carbocycles. The van der Waals surface area contributed by atoms with Crippen molar-refractivity contribution in [2.24, 2.45) is 0 Å². The van der Waals surface area contributed by atoms with Crippen LogP contribution in [0.3, 0.4) is 0 Å². The lowest BCUT2D eigenvalue weighted by Crippen LogP contribution is -2.16. The summed E-state index contributed by atoms with van der Waals surface area (Å²) in [7, 11) is 1.98. The largest absolute Gasteiger partial charge is 0.472 e. The number of furan rings is 1. The van der Waals surface area contributed by atoms with Gasteiger partial charge in [0.25, 0.3) is 0 Å². The Morgan fingerprint density at radius 1 is 1.47 bits per heavy atom. The van der Waals surface area contributed by atoms with Gasteiger partial charge >= 0.3 is 0 Å². The zero-order valence-corrected chi connectivity index (χ0v) is 9.80. The Morgan fingerprint density at radius 3 is 2.93 bits per heavy atom. The summed E-state index contributed by atoms with van der Waals surface area (Å²) in [6, 6.07) is 4.48. The first-order valence-electron chi connectivity index (χ1n) is 5.12. The first-order chi connectivity index (χ1) is 7.36. The number of hydrogen-bond donors (Lipinski definition) is 1. The van der Waals surface area contributed by atoms with Gasteiger partial charge in [-0.25, -0.2) is 0 Å². The molecule has 0 aliphatic heterocycles. The third-order valence-corrected chi connectivity index (χ3v) is 3.61. The number of thiophene rings is 1. The molecule has 3 heteroatoms. The number of aryl methyl sites for hydroxylation is 1. The summed E-state index contributed by atoms with van der Waals surface area (Å²) in [5, 5.41) is 5.48. The minimum Gasteiger partial charge on any atom is -0.472 e. The molecule has 0 saturated heterocycles. The van der Waals surface area contributed by atoms with E-state index in [4.69, 9.17) is 4.42 Å². The van der Waals surface area contributed by atoms with Crippen LogP contribution in [-0.4, -0.2) is 7.05 Å². The maximum atomic E-state index is 5.13. The minimum atomic E-state index is 0.263. The standard InChI is InChI=1S/C12H15NOS/c1-3-9-5-7-15-12(9)11(13-2)10-4-6-14-8-10/h4-8,11,13H,3H2,1-2H3. The topological polar surface area (TPSA) is 25.2 Å². The molecule has 2 rings (SSSR count). The molecular formula is C12H15NOS. The summed E-state index contributed by atoms with van der Waals surface area (Å²) in [6.07, 6.45) is 4.61. The second-order valence-corrected chi connectivity index (χ2v) is 4.39. The third kappa shape index (κ3) is 1.98. The van der Waals surface area contributed by atoms with Gasteiger partial charge in [0.15, 0.2) is 0 Å². The number of rotatable bonds is 4. The van der Waals surface area contributed by atoms with E-state index in [0.717, 1.165) is 6.42 Å². The first kappa shape index (κ1) is 10.5. The molecule has 0 bridgehead atoms. The summed E-state index contributed by atoms with van der Waals surface area (Å²) >= 11 is 1.80. The number of nitrogens with one attached hydrogen (secondary N) is 1. The molecule has 2 aromatic heterocycles. The fourth-order valence-electron chi connectivity index (χ4n) is 1.78. The van der Waals surface area contributed by atoms with E-state index >= 15 is 0 Å². The van der Waals surface area contributed by atoms with Gasteiger partial charge in [0, 0.05) is 10.4 Å². The maximum absolute atomic E-state index is 5.13. The molecule has 0 amide bonds. The van der Waals surface area contributed by atoms with Crippen molar-refractivity contribution in [3.05, 3.63) is 46.0 Å². The van der Waals surface area contributed by atoms with Gasteiger partial charge in [-0.05, 0) is 36.5 Å². The average molecular weight is 221 g/mol. The molecule has 0 fully saturated rings. The van der Waals surface area contributed by atoms with Crippen molar-refractivity contribution in [1.29, 1.82) is 0 Å². The zero-order valence-electron chi connectivity index (χ0n) is 8.99. The van der Waals surface area contributed by atoms with Gasteiger partial charge in [-0.15, -0.1) is 11.3 Å². The Morgan fingerprint density at radius 2 is 2.33 bits per heavy atom. The van der Waals surface area contributed by atoms with Gasteiger partial charge in [0.05, 0.1) is 18.6 Å². The van der Waals surface area contributed by atoms with Crippen LogP contribution in [0.25, 0.3) is 0 Å². The molecule has 15 heavy (non-hydrogen) atoms. The van der Waals surface area contributed by atoms with Crippen LogP contribution in [0.15, 0.2) is 34.5 Å². The molecule has 0 spiro atoms. The molecule has 1 N–H and O–H groups in total. The van der Waals surface area contributed by atoms with Gasteiger partial charge in [-0.2, -0.15) is 0 Å². The van der Waals surface area contributed by atoms with Gasteiger partial charge in [-0.3, -0.25) is 0 Å². The molecule has 0 aliphatic rings. The third-order valence-electron chi connectivity index (χ3n) is 2.59. The van der Waals surface area contributed by atoms with Crippen LogP contribution in [0.2, 0.25) is 0 Å². The lowest BCUT2D eigenvalue weighted by atomic mass is 10.0. The molecule has 2 heterocycles. The maximum Gasteiger partial charge on any atom is 0.0954 e. The summed E-state index contributed by atoms with van der Waals surface area (Å²) in [5.41, 5.74) is 2.61. The highest BCUT2D eigenvalue weighted by molar-refractivity contribution is 7.10. The molecule has 1 atom stereocenters. The SMILES string of the molecule is CCc1ccsc1C(NC)c1ccoc1. The van der Waals surface area contributed by atoms with Crippen molar-refractivity contribution >= 4 is 11.3 Å². The Hall–Kier alpha value is -1.06. The van der Waals surface area contributed by atoms with Crippen LogP contribution in [0.1, 0.15) is 29.0 Å². The van der Waals surface area contributed by atoms with E-state index in [1.165, 1.54) is 16.0 Å². The Kier molecular flexibility index (Phi) is 3.23. The Balaban J connectivity index is 2.35. The highest BCUT2D eigenvalue weighted by Gasteiger charge is 2.17. The summed E-state index contributed by atoms with van der Waals surface area (Å²) in [4.78, 5) is 1.39. The van der Waals surface area contributed by atoms with Crippen LogP contribution in [0, 0.1) is 0 Å². The minimum absolute atomic E-state index is 0.263. The molecule has 2 nitrogen and oxygen atoms in total. The zero-order chi connectivity index (χ0) is 10.7. The highest BCUT2D eigenvalue weighted by atomic mass is 32.1. The quantitative estimate of drug-likeness (QED) is 0.857. The van der Waals surface area contributed by atoms with Crippen LogP contribution in [0.4, 0.5) is 0 Å². The fraction of sp³-hybridized carbons (Fsp3) is 0.333. The second kappa shape index (κ2) is 4.64. The van der Waals surface area contributed by atoms with Crippen molar-refractivity contribution < 1.29 is 4.42 Å².